The lowest BCUT2D eigenvalue weighted by molar-refractivity contribution is 0.214. The third-order valence-electron chi connectivity index (χ3n) is 8.03. The molecule has 220 valence electrons. The van der Waals surface area contributed by atoms with Gasteiger partial charge in [-0.3, -0.25) is 0 Å². The normalized spacial score (nSPS) is 12.6. The fourth-order valence-corrected chi connectivity index (χ4v) is 5.77. The Kier molecular flexibility index (Phi) is 11.1. The lowest BCUT2D eigenvalue weighted by atomic mass is 9.89. The molecule has 2 heteroatoms. The van der Waals surface area contributed by atoms with Crippen LogP contribution >= 0.6 is 0 Å². The Bertz CT molecular complexity index is 1270. The molecule has 1 atom stereocenters. The van der Waals surface area contributed by atoms with Crippen molar-refractivity contribution in [2.24, 2.45) is 5.92 Å². The van der Waals surface area contributed by atoms with E-state index in [0.717, 1.165) is 50.2 Å². The Labute approximate surface area is 251 Å². The fraction of sp³-hybridized carbons (Fsp3) is 0.436. The fourth-order valence-electron chi connectivity index (χ4n) is 5.77. The van der Waals surface area contributed by atoms with Gasteiger partial charge in [0.15, 0.2) is 0 Å². The van der Waals surface area contributed by atoms with Crippen LogP contribution in [0.15, 0.2) is 92.0 Å². The summed E-state index contributed by atoms with van der Waals surface area (Å²) in [5.74, 6) is 0.539. The minimum atomic E-state index is -0.0452. The van der Waals surface area contributed by atoms with E-state index in [1.54, 1.807) is 0 Å². The zero-order chi connectivity index (χ0) is 30.2. The Hall–Kier alpha value is -3.26. The van der Waals surface area contributed by atoms with E-state index < -0.39 is 0 Å². The van der Waals surface area contributed by atoms with Crippen LogP contribution < -0.4 is 0 Å². The summed E-state index contributed by atoms with van der Waals surface area (Å²) in [7, 11) is 0. The van der Waals surface area contributed by atoms with E-state index in [1.807, 2.05) is 0 Å². The summed E-state index contributed by atoms with van der Waals surface area (Å²) in [5, 5.41) is 0. The zero-order valence-electron chi connectivity index (χ0n) is 27.1. The van der Waals surface area contributed by atoms with Crippen LogP contribution in [-0.2, 0) is 19.4 Å². The Morgan fingerprint density at radius 2 is 1.17 bits per heavy atom. The molecule has 0 fully saturated rings. The second-order valence-electron chi connectivity index (χ2n) is 13.6. The zero-order valence-corrected chi connectivity index (χ0v) is 27.1. The molecule has 41 heavy (non-hydrogen) atoms. The minimum Gasteiger partial charge on any atom is -0.367 e. The molecule has 0 saturated carbocycles. The maximum atomic E-state index is 4.64. The molecule has 3 aromatic rings. The molecular weight excluding hydrogens is 496 g/mol. The maximum absolute atomic E-state index is 4.64. The summed E-state index contributed by atoms with van der Waals surface area (Å²) in [6.45, 7) is 29.4. The van der Waals surface area contributed by atoms with E-state index in [2.05, 4.69) is 157 Å². The highest BCUT2D eigenvalue weighted by Crippen LogP contribution is 2.33. The molecule has 2 nitrogen and oxygen atoms in total. The number of aryl methyl sites for hydroxylation is 1. The topological polar surface area (TPSA) is 6.48 Å². The Balaban J connectivity index is 1.77. The van der Waals surface area contributed by atoms with Crippen LogP contribution in [0.2, 0.25) is 0 Å². The van der Waals surface area contributed by atoms with Crippen LogP contribution in [0.1, 0.15) is 96.0 Å². The molecule has 0 N–H and O–H groups in total. The monoisotopic (exact) mass is 550 g/mol. The van der Waals surface area contributed by atoms with Gasteiger partial charge in [0.1, 0.15) is 0 Å². The van der Waals surface area contributed by atoms with Gasteiger partial charge in [0, 0.05) is 46.7 Å². The average molecular weight is 551 g/mol. The van der Waals surface area contributed by atoms with E-state index >= 15 is 0 Å². The largest absolute Gasteiger partial charge is 0.367 e. The van der Waals surface area contributed by atoms with Crippen molar-refractivity contribution in [3.05, 3.63) is 120 Å². The van der Waals surface area contributed by atoms with Gasteiger partial charge in [-0.1, -0.05) is 106 Å². The molecule has 0 aliphatic carbocycles. The quantitative estimate of drug-likeness (QED) is 0.209. The molecule has 0 saturated heterocycles. The van der Waals surface area contributed by atoms with Gasteiger partial charge in [-0.15, -0.1) is 0 Å². The third-order valence-corrected chi connectivity index (χ3v) is 8.03. The standard InChI is InChI=1S/C39H54N2/c1-11-27-40(38(5,6)7)31(3)36-23-17-15-21-34(36)26-25-30(2)28-35-22-16-18-24-37(35)32(4)41(39(8,9)10)29-33-19-13-12-14-20-33/h12-24,30H,3-4,11,25-29H2,1-2,5-10H3. The van der Waals surface area contributed by atoms with Crippen molar-refractivity contribution < 1.29 is 0 Å². The lowest BCUT2D eigenvalue weighted by Crippen LogP contribution is -2.40. The van der Waals surface area contributed by atoms with Crippen molar-refractivity contribution >= 4 is 11.4 Å². The third kappa shape index (κ3) is 8.86. The number of rotatable bonds is 13. The first-order chi connectivity index (χ1) is 19.3. The minimum absolute atomic E-state index is 0.0427. The van der Waals surface area contributed by atoms with E-state index in [9.17, 15) is 0 Å². The first kappa shape index (κ1) is 32.3. The smallest absolute Gasteiger partial charge is 0.0434 e. The van der Waals surface area contributed by atoms with Gasteiger partial charge in [0.05, 0.1) is 0 Å². The molecule has 0 radical (unpaired) electrons. The summed E-state index contributed by atoms with van der Waals surface area (Å²) in [6, 6.07) is 28.5. The van der Waals surface area contributed by atoms with Crippen molar-refractivity contribution in [2.75, 3.05) is 6.54 Å². The highest BCUT2D eigenvalue weighted by atomic mass is 15.2. The molecule has 3 aromatic carbocycles. The number of hydrogen-bond donors (Lipinski definition) is 0. The molecule has 0 heterocycles. The van der Waals surface area contributed by atoms with Crippen molar-refractivity contribution in [1.29, 1.82) is 0 Å². The van der Waals surface area contributed by atoms with E-state index in [-0.39, 0.29) is 11.1 Å². The summed E-state index contributed by atoms with van der Waals surface area (Å²) < 4.78 is 0. The van der Waals surface area contributed by atoms with Gasteiger partial charge in [0.25, 0.3) is 0 Å². The number of hydrogen-bond acceptors (Lipinski definition) is 2. The molecule has 0 bridgehead atoms. The molecule has 3 rings (SSSR count). The molecular formula is C39H54N2. The summed E-state index contributed by atoms with van der Waals surface area (Å²) >= 11 is 0. The second kappa shape index (κ2) is 14.1. The molecule has 0 aliphatic rings. The Morgan fingerprint density at radius 1 is 0.683 bits per heavy atom. The highest BCUT2D eigenvalue weighted by Gasteiger charge is 2.26. The predicted molar refractivity (Wildman–Crippen MR) is 181 cm³/mol. The van der Waals surface area contributed by atoms with Gasteiger partial charge >= 0.3 is 0 Å². The van der Waals surface area contributed by atoms with Crippen LogP contribution in [0.4, 0.5) is 0 Å². The van der Waals surface area contributed by atoms with Crippen LogP contribution in [-0.4, -0.2) is 27.4 Å². The van der Waals surface area contributed by atoms with E-state index in [4.69, 9.17) is 0 Å². The van der Waals surface area contributed by atoms with Crippen LogP contribution in [0.3, 0.4) is 0 Å². The maximum Gasteiger partial charge on any atom is 0.0434 e. The molecule has 0 amide bonds. The van der Waals surface area contributed by atoms with Gasteiger partial charge in [0.2, 0.25) is 0 Å². The van der Waals surface area contributed by atoms with Crippen LogP contribution in [0.25, 0.3) is 11.4 Å². The second-order valence-corrected chi connectivity index (χ2v) is 13.6. The Morgan fingerprint density at radius 3 is 1.73 bits per heavy atom. The van der Waals surface area contributed by atoms with Gasteiger partial charge in [-0.05, 0) is 89.8 Å². The van der Waals surface area contributed by atoms with Crippen molar-refractivity contribution in [3.8, 4) is 0 Å². The van der Waals surface area contributed by atoms with Crippen molar-refractivity contribution in [3.63, 3.8) is 0 Å². The molecule has 0 spiro atoms. The number of nitrogens with zero attached hydrogens (tertiary/aromatic N) is 2. The summed E-state index contributed by atoms with van der Waals surface area (Å²) in [6.07, 6.45) is 4.32. The average Bonchev–Trinajstić information content (AvgIpc) is 2.92. The molecule has 0 aromatic heterocycles. The van der Waals surface area contributed by atoms with Gasteiger partial charge < -0.3 is 9.80 Å². The summed E-state index contributed by atoms with van der Waals surface area (Å²) in [5.41, 5.74) is 8.88. The van der Waals surface area contributed by atoms with Crippen LogP contribution in [0, 0.1) is 5.92 Å². The number of benzene rings is 3. The molecule has 1 unspecified atom stereocenters. The lowest BCUT2D eigenvalue weighted by Gasteiger charge is -2.40. The highest BCUT2D eigenvalue weighted by molar-refractivity contribution is 5.66. The SMILES string of the molecule is C=C(c1ccccc1CCC(C)Cc1ccccc1C(=C)N(Cc1ccccc1)C(C)(C)C)N(CCC)C(C)(C)C. The predicted octanol–water partition coefficient (Wildman–Crippen LogP) is 10.3. The van der Waals surface area contributed by atoms with Gasteiger partial charge in [-0.2, -0.15) is 0 Å². The molecule has 0 aliphatic heterocycles. The summed E-state index contributed by atoms with van der Waals surface area (Å²) in [4.78, 5) is 4.92. The van der Waals surface area contributed by atoms with Crippen molar-refractivity contribution in [1.82, 2.24) is 9.80 Å². The van der Waals surface area contributed by atoms with Crippen molar-refractivity contribution in [2.45, 2.75) is 98.7 Å². The first-order valence-electron chi connectivity index (χ1n) is 15.5. The van der Waals surface area contributed by atoms with Gasteiger partial charge in [-0.25, -0.2) is 0 Å². The van der Waals surface area contributed by atoms with E-state index in [1.165, 1.54) is 27.8 Å². The van der Waals surface area contributed by atoms with E-state index in [0.29, 0.717) is 5.92 Å². The van der Waals surface area contributed by atoms with Crippen LogP contribution in [0.5, 0.6) is 0 Å². The first-order valence-corrected chi connectivity index (χ1v) is 15.5.